The molecule has 1 aromatic rings. The van der Waals surface area contributed by atoms with Crippen molar-refractivity contribution in [3.8, 4) is 0 Å². The van der Waals surface area contributed by atoms with Gasteiger partial charge in [0.25, 0.3) is 5.91 Å². The largest absolute Gasteiger partial charge is 0.355 e. The van der Waals surface area contributed by atoms with Gasteiger partial charge in [-0.25, -0.2) is 0 Å². The van der Waals surface area contributed by atoms with E-state index in [9.17, 15) is 9.59 Å². The van der Waals surface area contributed by atoms with E-state index >= 15 is 0 Å². The minimum absolute atomic E-state index is 0.000352. The number of hydrogen-bond acceptors (Lipinski definition) is 3. The maximum absolute atomic E-state index is 12.3. The second-order valence-electron chi connectivity index (χ2n) is 5.34. The van der Waals surface area contributed by atoms with E-state index in [-0.39, 0.29) is 17.7 Å². The van der Waals surface area contributed by atoms with E-state index < -0.39 is 0 Å². The molecule has 5 nitrogen and oxygen atoms in total. The van der Waals surface area contributed by atoms with Crippen molar-refractivity contribution in [1.82, 2.24) is 10.6 Å². The number of anilines is 1. The van der Waals surface area contributed by atoms with Crippen LogP contribution >= 0.6 is 11.6 Å². The Balaban J connectivity index is 2.08. The second-order valence-corrected chi connectivity index (χ2v) is 5.75. The standard InChI is InChI=1S/C15H20ClN3O2/c1-9-7-10(5-6-18-9)14(20)19-11-3-4-13(16)12(8-11)15(21)17-2/h3-4,8-10,18H,5-7H2,1-2H3,(H,17,21)(H,19,20). The van der Waals surface area contributed by atoms with Crippen molar-refractivity contribution < 1.29 is 9.59 Å². The van der Waals surface area contributed by atoms with E-state index in [1.165, 1.54) is 0 Å². The Bertz CT molecular complexity index is 548. The summed E-state index contributed by atoms with van der Waals surface area (Å²) in [6.45, 7) is 2.93. The summed E-state index contributed by atoms with van der Waals surface area (Å²) in [5.41, 5.74) is 0.949. The molecule has 1 heterocycles. The van der Waals surface area contributed by atoms with E-state index in [4.69, 9.17) is 11.6 Å². The van der Waals surface area contributed by atoms with Gasteiger partial charge in [-0.2, -0.15) is 0 Å². The first kappa shape index (κ1) is 15.8. The average molecular weight is 310 g/mol. The molecule has 6 heteroatoms. The molecule has 1 aliphatic rings. The summed E-state index contributed by atoms with van der Waals surface area (Å²) < 4.78 is 0. The van der Waals surface area contributed by atoms with Gasteiger partial charge in [0, 0.05) is 24.7 Å². The van der Waals surface area contributed by atoms with Crippen molar-refractivity contribution in [2.75, 3.05) is 18.9 Å². The van der Waals surface area contributed by atoms with E-state index in [2.05, 4.69) is 22.9 Å². The molecule has 2 unspecified atom stereocenters. The van der Waals surface area contributed by atoms with Gasteiger partial charge in [0.2, 0.25) is 5.91 Å². The highest BCUT2D eigenvalue weighted by Gasteiger charge is 2.24. The molecular formula is C15H20ClN3O2. The van der Waals surface area contributed by atoms with Crippen LogP contribution in [0.1, 0.15) is 30.1 Å². The highest BCUT2D eigenvalue weighted by Crippen LogP contribution is 2.23. The molecule has 1 saturated heterocycles. The highest BCUT2D eigenvalue weighted by atomic mass is 35.5. The van der Waals surface area contributed by atoms with Crippen LogP contribution in [0, 0.1) is 5.92 Å². The molecule has 3 N–H and O–H groups in total. The third-order valence-corrected chi connectivity index (χ3v) is 4.03. The molecule has 2 rings (SSSR count). The number of rotatable bonds is 3. The van der Waals surface area contributed by atoms with Crippen molar-refractivity contribution in [3.05, 3.63) is 28.8 Å². The van der Waals surface area contributed by atoms with Crippen molar-refractivity contribution in [3.63, 3.8) is 0 Å². The van der Waals surface area contributed by atoms with Crippen LogP contribution in [0.2, 0.25) is 5.02 Å². The lowest BCUT2D eigenvalue weighted by atomic mass is 9.92. The normalized spacial score (nSPS) is 21.7. The number of amides is 2. The molecule has 0 aliphatic carbocycles. The summed E-state index contributed by atoms with van der Waals surface area (Å²) in [4.78, 5) is 24.0. The van der Waals surface area contributed by atoms with Crippen molar-refractivity contribution in [1.29, 1.82) is 0 Å². The third kappa shape index (κ3) is 3.95. The van der Waals surface area contributed by atoms with Gasteiger partial charge in [0.1, 0.15) is 0 Å². The third-order valence-electron chi connectivity index (χ3n) is 3.70. The average Bonchev–Trinajstić information content (AvgIpc) is 2.48. The fourth-order valence-corrected chi connectivity index (χ4v) is 2.73. The molecule has 1 fully saturated rings. The molecule has 2 atom stereocenters. The summed E-state index contributed by atoms with van der Waals surface area (Å²) in [5.74, 6) is -0.277. The molecule has 1 aromatic carbocycles. The van der Waals surface area contributed by atoms with E-state index in [0.29, 0.717) is 22.3 Å². The Labute approximate surface area is 129 Å². The zero-order valence-electron chi connectivity index (χ0n) is 12.2. The highest BCUT2D eigenvalue weighted by molar-refractivity contribution is 6.34. The quantitative estimate of drug-likeness (QED) is 0.800. The molecule has 0 aromatic heterocycles. The van der Waals surface area contributed by atoms with Crippen LogP contribution in [0.3, 0.4) is 0 Å². The summed E-state index contributed by atoms with van der Waals surface area (Å²) in [7, 11) is 1.54. The maximum Gasteiger partial charge on any atom is 0.252 e. The van der Waals surface area contributed by atoms with Crippen LogP contribution in [-0.2, 0) is 4.79 Å². The number of piperidine rings is 1. The number of hydrogen-bond donors (Lipinski definition) is 3. The van der Waals surface area contributed by atoms with Crippen LogP contribution in [0.15, 0.2) is 18.2 Å². The zero-order valence-corrected chi connectivity index (χ0v) is 13.0. The number of benzene rings is 1. The van der Waals surface area contributed by atoms with Gasteiger partial charge in [0.05, 0.1) is 10.6 Å². The number of carbonyl (C=O) groups is 2. The van der Waals surface area contributed by atoms with Crippen molar-refractivity contribution >= 4 is 29.1 Å². The lowest BCUT2D eigenvalue weighted by Gasteiger charge is -2.27. The first-order valence-corrected chi connectivity index (χ1v) is 7.45. The van der Waals surface area contributed by atoms with Crippen LogP contribution in [0.5, 0.6) is 0 Å². The van der Waals surface area contributed by atoms with E-state index in [1.54, 1.807) is 25.2 Å². The first-order chi connectivity index (χ1) is 10.0. The summed E-state index contributed by atoms with van der Waals surface area (Å²) in [6, 6.07) is 5.27. The van der Waals surface area contributed by atoms with Crippen molar-refractivity contribution in [2.45, 2.75) is 25.8 Å². The molecule has 114 valence electrons. The number of nitrogens with one attached hydrogen (secondary N) is 3. The zero-order chi connectivity index (χ0) is 15.4. The number of halogens is 1. The first-order valence-electron chi connectivity index (χ1n) is 7.07. The van der Waals surface area contributed by atoms with Gasteiger partial charge in [-0.05, 0) is 44.5 Å². The molecule has 0 bridgehead atoms. The van der Waals surface area contributed by atoms with E-state index in [1.807, 2.05) is 0 Å². The Morgan fingerprint density at radius 1 is 1.38 bits per heavy atom. The van der Waals surface area contributed by atoms with Gasteiger partial charge in [-0.3, -0.25) is 9.59 Å². The van der Waals surface area contributed by atoms with E-state index in [0.717, 1.165) is 19.4 Å². The Kier molecular flexibility index (Phi) is 5.20. The molecule has 2 amide bonds. The van der Waals surface area contributed by atoms with Crippen LogP contribution < -0.4 is 16.0 Å². The van der Waals surface area contributed by atoms with Gasteiger partial charge in [0.15, 0.2) is 0 Å². The minimum Gasteiger partial charge on any atom is -0.355 e. The SMILES string of the molecule is CNC(=O)c1cc(NC(=O)C2CCNC(C)C2)ccc1Cl. The summed E-state index contributed by atoms with van der Waals surface area (Å²) in [5, 5.41) is 9.08. The molecule has 0 radical (unpaired) electrons. The molecule has 0 saturated carbocycles. The second kappa shape index (κ2) is 6.91. The molecule has 0 spiro atoms. The molecule has 1 aliphatic heterocycles. The topological polar surface area (TPSA) is 70.2 Å². The monoisotopic (exact) mass is 309 g/mol. The smallest absolute Gasteiger partial charge is 0.252 e. The van der Waals surface area contributed by atoms with Gasteiger partial charge in [-0.15, -0.1) is 0 Å². The summed E-state index contributed by atoms with van der Waals surface area (Å²) >= 11 is 5.99. The fourth-order valence-electron chi connectivity index (χ4n) is 2.53. The Morgan fingerprint density at radius 3 is 2.81 bits per heavy atom. The predicted molar refractivity (Wildman–Crippen MR) is 83.7 cm³/mol. The molecular weight excluding hydrogens is 290 g/mol. The number of carbonyl (C=O) groups excluding carboxylic acids is 2. The Morgan fingerprint density at radius 2 is 2.14 bits per heavy atom. The summed E-state index contributed by atoms with van der Waals surface area (Å²) in [6.07, 6.45) is 1.65. The minimum atomic E-state index is -0.272. The maximum atomic E-state index is 12.3. The van der Waals surface area contributed by atoms with Crippen LogP contribution in [0.25, 0.3) is 0 Å². The van der Waals surface area contributed by atoms with Gasteiger partial charge >= 0.3 is 0 Å². The fraction of sp³-hybridized carbons (Fsp3) is 0.467. The van der Waals surface area contributed by atoms with Crippen LogP contribution in [-0.4, -0.2) is 31.4 Å². The molecule has 21 heavy (non-hydrogen) atoms. The van der Waals surface area contributed by atoms with Crippen LogP contribution in [0.4, 0.5) is 5.69 Å². The lowest BCUT2D eigenvalue weighted by molar-refractivity contribution is -0.120. The van der Waals surface area contributed by atoms with Crippen molar-refractivity contribution in [2.24, 2.45) is 5.92 Å². The predicted octanol–water partition coefficient (Wildman–Crippen LogP) is 2.03. The Hall–Kier alpha value is -1.59. The van der Waals surface area contributed by atoms with Gasteiger partial charge < -0.3 is 16.0 Å². The lowest BCUT2D eigenvalue weighted by Crippen LogP contribution is -2.40. The van der Waals surface area contributed by atoms with Gasteiger partial charge in [-0.1, -0.05) is 11.6 Å².